The van der Waals surface area contributed by atoms with Crippen molar-refractivity contribution in [3.8, 4) is 11.5 Å². The number of nitrogens with two attached hydrogens (primary N) is 2. The topological polar surface area (TPSA) is 141 Å². The molecule has 0 saturated heterocycles. The summed E-state index contributed by atoms with van der Waals surface area (Å²) in [5.74, 6) is 1.69. The fourth-order valence-corrected chi connectivity index (χ4v) is 4.09. The molecule has 34 heavy (non-hydrogen) atoms. The Labute approximate surface area is 198 Å². The van der Waals surface area contributed by atoms with Crippen molar-refractivity contribution >= 4 is 11.8 Å². The van der Waals surface area contributed by atoms with Gasteiger partial charge in [0.05, 0.1) is 29.3 Å². The fourth-order valence-electron chi connectivity index (χ4n) is 4.09. The van der Waals surface area contributed by atoms with Gasteiger partial charge in [-0.2, -0.15) is 10.1 Å². The van der Waals surface area contributed by atoms with E-state index in [1.165, 1.54) is 6.20 Å². The van der Waals surface area contributed by atoms with Gasteiger partial charge in [0.15, 0.2) is 5.82 Å². The molecule has 4 rings (SSSR count). The van der Waals surface area contributed by atoms with Crippen molar-refractivity contribution in [3.63, 3.8) is 0 Å². The number of hydrogen-bond acceptors (Lipinski definition) is 8. The molecule has 1 atom stereocenters. The lowest BCUT2D eigenvalue weighted by atomic mass is 9.76. The first-order valence-corrected chi connectivity index (χ1v) is 11.2. The Hall–Kier alpha value is -3.72. The van der Waals surface area contributed by atoms with Gasteiger partial charge in [-0.3, -0.25) is 4.68 Å². The van der Waals surface area contributed by atoms with Gasteiger partial charge in [-0.1, -0.05) is 36.0 Å². The van der Waals surface area contributed by atoms with Crippen LogP contribution in [0.15, 0.2) is 64.8 Å². The van der Waals surface area contributed by atoms with Gasteiger partial charge >= 0.3 is 0 Å². The summed E-state index contributed by atoms with van der Waals surface area (Å²) in [5.41, 5.74) is 13.5. The van der Waals surface area contributed by atoms with E-state index in [1.54, 1.807) is 37.1 Å². The average Bonchev–Trinajstić information content (AvgIpc) is 3.34. The summed E-state index contributed by atoms with van der Waals surface area (Å²) in [7, 11) is 0. The standard InChI is InChI=1S/C25H31N7O2/c1-16(27)28-12-18(11-26)17-5-7-20(8-6-17)25(4,21-9-10-21)23-30-22(34-31-23)19-13-29-32(14-19)15-24(2,3)33/h5-8,11-14,21,33H,1,9-10,15,26-27H2,2-4H3/b18-11+,28-12?/t25-/m0/s1. The normalized spacial score (nSPS) is 16.6. The molecule has 0 unspecified atom stereocenters. The first kappa shape index (κ1) is 23.4. The Morgan fingerprint density at radius 3 is 2.59 bits per heavy atom. The lowest BCUT2D eigenvalue weighted by molar-refractivity contribution is 0.0577. The minimum atomic E-state index is -0.872. The second kappa shape index (κ2) is 8.90. The van der Waals surface area contributed by atoms with Crippen molar-refractivity contribution in [3.05, 3.63) is 72.2 Å². The average molecular weight is 462 g/mol. The van der Waals surface area contributed by atoms with Gasteiger partial charge in [0.25, 0.3) is 5.89 Å². The van der Waals surface area contributed by atoms with Crippen LogP contribution in [0.3, 0.4) is 0 Å². The van der Waals surface area contributed by atoms with Gasteiger partial charge in [0.2, 0.25) is 0 Å². The summed E-state index contributed by atoms with van der Waals surface area (Å²) < 4.78 is 7.30. The van der Waals surface area contributed by atoms with E-state index in [0.29, 0.717) is 24.2 Å². The molecule has 178 valence electrons. The molecule has 0 spiro atoms. The van der Waals surface area contributed by atoms with Crippen LogP contribution >= 0.6 is 0 Å². The molecule has 0 aliphatic heterocycles. The van der Waals surface area contributed by atoms with Crippen LogP contribution in [0.2, 0.25) is 0 Å². The molecule has 1 aliphatic carbocycles. The molecule has 9 nitrogen and oxygen atoms in total. The Bertz CT molecular complexity index is 1230. The van der Waals surface area contributed by atoms with E-state index in [1.807, 2.05) is 12.1 Å². The summed E-state index contributed by atoms with van der Waals surface area (Å²) in [6.45, 7) is 9.57. The molecule has 1 aliphatic rings. The second-order valence-electron chi connectivity index (χ2n) is 9.59. The number of hydrogen-bond donors (Lipinski definition) is 3. The zero-order valence-corrected chi connectivity index (χ0v) is 19.8. The molecule has 9 heteroatoms. The van der Waals surface area contributed by atoms with E-state index >= 15 is 0 Å². The van der Waals surface area contributed by atoms with Crippen LogP contribution in [-0.2, 0) is 12.0 Å². The van der Waals surface area contributed by atoms with Gasteiger partial charge in [0, 0.05) is 24.2 Å². The Morgan fingerprint density at radius 2 is 2.00 bits per heavy atom. The molecule has 1 aromatic carbocycles. The highest BCUT2D eigenvalue weighted by molar-refractivity contribution is 6.09. The van der Waals surface area contributed by atoms with Gasteiger partial charge in [-0.15, -0.1) is 0 Å². The highest BCUT2D eigenvalue weighted by atomic mass is 16.5. The molecular weight excluding hydrogens is 430 g/mol. The number of aromatic nitrogens is 4. The third-order valence-electron chi connectivity index (χ3n) is 6.08. The Balaban J connectivity index is 1.61. The zero-order valence-electron chi connectivity index (χ0n) is 19.8. The molecule has 0 bridgehead atoms. The number of rotatable bonds is 9. The van der Waals surface area contributed by atoms with Crippen LogP contribution in [0.4, 0.5) is 0 Å². The van der Waals surface area contributed by atoms with Gasteiger partial charge < -0.3 is 21.1 Å². The summed E-state index contributed by atoms with van der Waals surface area (Å²) in [6, 6.07) is 8.14. The van der Waals surface area contributed by atoms with Crippen LogP contribution in [0.1, 0.15) is 50.6 Å². The largest absolute Gasteiger partial charge is 0.404 e. The van der Waals surface area contributed by atoms with Crippen molar-refractivity contribution in [1.29, 1.82) is 0 Å². The lowest BCUT2D eigenvalue weighted by Gasteiger charge is -2.27. The number of nitrogens with zero attached hydrogens (tertiary/aromatic N) is 5. The predicted octanol–water partition coefficient (Wildman–Crippen LogP) is 3.22. The molecule has 2 aromatic heterocycles. The molecule has 3 aromatic rings. The maximum Gasteiger partial charge on any atom is 0.261 e. The summed E-state index contributed by atoms with van der Waals surface area (Å²) in [5, 5.41) is 18.7. The quantitative estimate of drug-likeness (QED) is 0.415. The maximum absolute atomic E-state index is 10.0. The molecule has 0 radical (unpaired) electrons. The number of allylic oxidation sites excluding steroid dienone is 1. The van der Waals surface area contributed by atoms with E-state index < -0.39 is 11.0 Å². The predicted molar refractivity (Wildman–Crippen MR) is 131 cm³/mol. The highest BCUT2D eigenvalue weighted by Crippen LogP contribution is 2.50. The number of benzene rings is 1. The number of aliphatic imine (C=N–C) groups is 1. The molecule has 1 saturated carbocycles. The molecule has 5 N–H and O–H groups in total. The van der Waals surface area contributed by atoms with Crippen molar-refractivity contribution in [2.24, 2.45) is 22.4 Å². The van der Waals surface area contributed by atoms with Crippen LogP contribution in [0.25, 0.3) is 17.0 Å². The van der Waals surface area contributed by atoms with Gasteiger partial charge in [0.1, 0.15) is 5.82 Å². The molecule has 0 amide bonds. The van der Waals surface area contributed by atoms with E-state index in [4.69, 9.17) is 21.0 Å². The Kier molecular flexibility index (Phi) is 6.14. The highest BCUT2D eigenvalue weighted by Gasteiger charge is 2.47. The lowest BCUT2D eigenvalue weighted by Crippen LogP contribution is -2.28. The minimum absolute atomic E-state index is 0.218. The first-order chi connectivity index (χ1) is 16.1. The maximum atomic E-state index is 10.0. The van der Waals surface area contributed by atoms with E-state index in [-0.39, 0.29) is 5.82 Å². The second-order valence-corrected chi connectivity index (χ2v) is 9.59. The molecule has 2 heterocycles. The summed E-state index contributed by atoms with van der Waals surface area (Å²) >= 11 is 0. The van der Waals surface area contributed by atoms with E-state index in [9.17, 15) is 5.11 Å². The Morgan fingerprint density at radius 1 is 1.29 bits per heavy atom. The summed E-state index contributed by atoms with van der Waals surface area (Å²) in [6.07, 6.45) is 8.77. The molecule has 1 fully saturated rings. The first-order valence-electron chi connectivity index (χ1n) is 11.2. The van der Waals surface area contributed by atoms with E-state index in [0.717, 1.165) is 35.1 Å². The van der Waals surface area contributed by atoms with Gasteiger partial charge in [-0.25, -0.2) is 4.99 Å². The van der Waals surface area contributed by atoms with Crippen molar-refractivity contribution in [2.45, 2.75) is 51.2 Å². The van der Waals surface area contributed by atoms with E-state index in [2.05, 4.69) is 40.9 Å². The van der Waals surface area contributed by atoms with Crippen LogP contribution in [-0.4, -0.2) is 36.8 Å². The smallest absolute Gasteiger partial charge is 0.261 e. The zero-order chi connectivity index (χ0) is 24.5. The van der Waals surface area contributed by atoms with Gasteiger partial charge in [-0.05, 0) is 50.7 Å². The van der Waals surface area contributed by atoms with Crippen LogP contribution in [0.5, 0.6) is 0 Å². The van der Waals surface area contributed by atoms with Crippen molar-refractivity contribution < 1.29 is 9.63 Å². The third-order valence-corrected chi connectivity index (χ3v) is 6.08. The van der Waals surface area contributed by atoms with Crippen molar-refractivity contribution in [1.82, 2.24) is 19.9 Å². The van der Waals surface area contributed by atoms with Crippen molar-refractivity contribution in [2.75, 3.05) is 0 Å². The van der Waals surface area contributed by atoms with Crippen LogP contribution in [0, 0.1) is 5.92 Å². The van der Waals surface area contributed by atoms with Crippen LogP contribution < -0.4 is 11.5 Å². The number of aliphatic hydroxyl groups is 1. The third kappa shape index (κ3) is 4.94. The monoisotopic (exact) mass is 461 g/mol. The minimum Gasteiger partial charge on any atom is -0.404 e. The fraction of sp³-hybridized carbons (Fsp3) is 0.360. The summed E-state index contributed by atoms with van der Waals surface area (Å²) in [4.78, 5) is 8.79. The molecular formula is C25H31N7O2. The SMILES string of the molecule is C=C(N)N=C/C(=C\N)c1ccc([C@](C)(c2noc(-c3cnn(CC(C)(C)O)c3)n2)C2CC2)cc1.